The Morgan fingerprint density at radius 1 is 1.36 bits per heavy atom. The molecule has 0 aliphatic carbocycles. The van der Waals surface area contributed by atoms with E-state index in [1.54, 1.807) is 36.0 Å². The van der Waals surface area contributed by atoms with Gasteiger partial charge >= 0.3 is 0 Å². The normalized spacial score (nSPS) is 12.8. The number of fused-ring (bicyclic) bond motifs is 1. The molecule has 5 heteroatoms. The summed E-state index contributed by atoms with van der Waals surface area (Å²) in [7, 11) is 0. The Kier molecular flexibility index (Phi) is 4.37. The highest BCUT2D eigenvalue weighted by molar-refractivity contribution is 7.17. The average Bonchev–Trinajstić information content (AvgIpc) is 3.19. The van der Waals surface area contributed by atoms with Gasteiger partial charge in [0.05, 0.1) is 18.6 Å². The number of hydrogen-bond acceptors (Lipinski definition) is 4. The van der Waals surface area contributed by atoms with Gasteiger partial charge in [0.15, 0.2) is 0 Å². The lowest BCUT2D eigenvalue weighted by atomic mass is 10.1. The van der Waals surface area contributed by atoms with Crippen LogP contribution in [0.2, 0.25) is 0 Å². The van der Waals surface area contributed by atoms with Crippen molar-refractivity contribution in [2.24, 2.45) is 0 Å². The minimum Gasteiger partial charge on any atom is -0.472 e. The van der Waals surface area contributed by atoms with Gasteiger partial charge in [-0.3, -0.25) is 4.79 Å². The molecule has 0 spiro atoms. The molecule has 3 rings (SSSR count). The first-order chi connectivity index (χ1) is 10.7. The standard InChI is InChI=1S/C17H15NO3S/c19-15(14-11-22-16-4-2-1-3-13(14)16)9-18-17(20)6-5-12-7-8-21-10-12/h1-8,10-11,15,19H,9H2,(H,18,20)/b6-5+. The second-order valence-corrected chi connectivity index (χ2v) is 5.75. The number of rotatable bonds is 5. The lowest BCUT2D eigenvalue weighted by molar-refractivity contribution is -0.116. The molecule has 0 aliphatic rings. The third kappa shape index (κ3) is 3.27. The van der Waals surface area contributed by atoms with Gasteiger partial charge in [-0.2, -0.15) is 0 Å². The number of aliphatic hydroxyl groups excluding tert-OH is 1. The van der Waals surface area contributed by atoms with Crippen LogP contribution in [-0.4, -0.2) is 17.6 Å². The van der Waals surface area contributed by atoms with Crippen LogP contribution in [0.3, 0.4) is 0 Å². The third-order valence-corrected chi connectivity index (χ3v) is 4.29. The van der Waals surface area contributed by atoms with Gasteiger partial charge in [0, 0.05) is 28.4 Å². The van der Waals surface area contributed by atoms with Crippen molar-refractivity contribution in [2.45, 2.75) is 6.10 Å². The van der Waals surface area contributed by atoms with Crippen molar-refractivity contribution in [3.63, 3.8) is 0 Å². The second-order valence-electron chi connectivity index (χ2n) is 4.84. The summed E-state index contributed by atoms with van der Waals surface area (Å²) in [6, 6.07) is 9.67. The van der Waals surface area contributed by atoms with Gasteiger partial charge in [-0.1, -0.05) is 18.2 Å². The average molecular weight is 313 g/mol. The SMILES string of the molecule is O=C(/C=C/c1ccoc1)NCC(O)c1csc2ccccc12. The van der Waals surface area contributed by atoms with E-state index >= 15 is 0 Å². The summed E-state index contributed by atoms with van der Waals surface area (Å²) < 4.78 is 6.04. The van der Waals surface area contributed by atoms with Gasteiger partial charge in [0.2, 0.25) is 5.91 Å². The molecule has 0 bridgehead atoms. The summed E-state index contributed by atoms with van der Waals surface area (Å²) in [4.78, 5) is 11.7. The first-order valence-electron chi connectivity index (χ1n) is 6.86. The summed E-state index contributed by atoms with van der Waals surface area (Å²) in [5, 5.41) is 15.9. The number of thiophene rings is 1. The first-order valence-corrected chi connectivity index (χ1v) is 7.74. The molecule has 2 aromatic heterocycles. The zero-order valence-corrected chi connectivity index (χ0v) is 12.5. The molecule has 0 saturated heterocycles. The minimum atomic E-state index is -0.720. The Balaban J connectivity index is 1.60. The van der Waals surface area contributed by atoms with Crippen LogP contribution in [0.15, 0.2) is 58.7 Å². The fraction of sp³-hybridized carbons (Fsp3) is 0.118. The molecule has 0 saturated carbocycles. The van der Waals surface area contributed by atoms with Gasteiger partial charge in [-0.15, -0.1) is 11.3 Å². The van der Waals surface area contributed by atoms with E-state index < -0.39 is 6.10 Å². The molecule has 112 valence electrons. The van der Waals surface area contributed by atoms with Crippen LogP contribution < -0.4 is 5.32 Å². The Morgan fingerprint density at radius 3 is 3.05 bits per heavy atom. The molecule has 0 aliphatic heterocycles. The molecule has 1 amide bonds. The predicted molar refractivity (Wildman–Crippen MR) is 87.5 cm³/mol. The van der Waals surface area contributed by atoms with Crippen LogP contribution in [0.4, 0.5) is 0 Å². The van der Waals surface area contributed by atoms with Crippen molar-refractivity contribution in [1.82, 2.24) is 5.32 Å². The second kappa shape index (κ2) is 6.60. The zero-order chi connectivity index (χ0) is 15.4. The highest BCUT2D eigenvalue weighted by atomic mass is 32.1. The van der Waals surface area contributed by atoms with E-state index in [0.29, 0.717) is 0 Å². The number of carbonyl (C=O) groups excluding carboxylic acids is 1. The predicted octanol–water partition coefficient (Wildman–Crippen LogP) is 3.36. The number of aliphatic hydroxyl groups is 1. The number of carbonyl (C=O) groups is 1. The number of hydrogen-bond donors (Lipinski definition) is 2. The first kappa shape index (κ1) is 14.6. The molecule has 2 N–H and O–H groups in total. The Morgan fingerprint density at radius 2 is 2.23 bits per heavy atom. The quantitative estimate of drug-likeness (QED) is 0.710. The lowest BCUT2D eigenvalue weighted by Gasteiger charge is -2.10. The van der Waals surface area contributed by atoms with Gasteiger partial charge in [-0.25, -0.2) is 0 Å². The van der Waals surface area contributed by atoms with E-state index in [1.165, 1.54) is 6.08 Å². The number of benzene rings is 1. The van der Waals surface area contributed by atoms with Crippen LogP contribution in [0.25, 0.3) is 16.2 Å². The number of furan rings is 1. The maximum Gasteiger partial charge on any atom is 0.244 e. The molecule has 1 aromatic carbocycles. The summed E-state index contributed by atoms with van der Waals surface area (Å²) in [6.45, 7) is 0.176. The van der Waals surface area contributed by atoms with Gasteiger partial charge in [0.1, 0.15) is 0 Å². The number of nitrogens with one attached hydrogen (secondary N) is 1. The van der Waals surface area contributed by atoms with Crippen LogP contribution in [-0.2, 0) is 4.79 Å². The molecule has 1 atom stereocenters. The molecule has 3 aromatic rings. The highest BCUT2D eigenvalue weighted by Gasteiger charge is 2.13. The number of amides is 1. The fourth-order valence-electron chi connectivity index (χ4n) is 2.16. The van der Waals surface area contributed by atoms with Crippen LogP contribution in [0.5, 0.6) is 0 Å². The molecule has 0 fully saturated rings. The maximum absolute atomic E-state index is 11.7. The Hall–Kier alpha value is -2.37. The summed E-state index contributed by atoms with van der Waals surface area (Å²) in [6.07, 6.45) is 5.45. The summed E-state index contributed by atoms with van der Waals surface area (Å²) >= 11 is 1.59. The van der Waals surface area contributed by atoms with Crippen molar-refractivity contribution in [1.29, 1.82) is 0 Å². The van der Waals surface area contributed by atoms with Crippen molar-refractivity contribution in [3.8, 4) is 0 Å². The molecule has 0 radical (unpaired) electrons. The lowest BCUT2D eigenvalue weighted by Crippen LogP contribution is -2.26. The van der Waals surface area contributed by atoms with Crippen molar-refractivity contribution in [3.05, 3.63) is 65.4 Å². The van der Waals surface area contributed by atoms with E-state index in [4.69, 9.17) is 4.42 Å². The molecule has 1 unspecified atom stereocenters. The Labute approximate surface area is 131 Å². The minimum absolute atomic E-state index is 0.176. The van der Waals surface area contributed by atoms with Gasteiger partial charge in [0.25, 0.3) is 0 Å². The topological polar surface area (TPSA) is 62.5 Å². The molecular weight excluding hydrogens is 298 g/mol. The largest absolute Gasteiger partial charge is 0.472 e. The van der Waals surface area contributed by atoms with E-state index in [9.17, 15) is 9.90 Å². The molecule has 22 heavy (non-hydrogen) atoms. The maximum atomic E-state index is 11.7. The van der Waals surface area contributed by atoms with E-state index in [-0.39, 0.29) is 12.5 Å². The smallest absolute Gasteiger partial charge is 0.244 e. The van der Waals surface area contributed by atoms with Crippen LogP contribution in [0, 0.1) is 0 Å². The van der Waals surface area contributed by atoms with Crippen molar-refractivity contribution >= 4 is 33.4 Å². The highest BCUT2D eigenvalue weighted by Crippen LogP contribution is 2.29. The molecular formula is C17H15NO3S. The van der Waals surface area contributed by atoms with E-state index in [1.807, 2.05) is 29.6 Å². The fourth-order valence-corrected chi connectivity index (χ4v) is 3.17. The van der Waals surface area contributed by atoms with Crippen LogP contribution in [0.1, 0.15) is 17.2 Å². The van der Waals surface area contributed by atoms with E-state index in [0.717, 1.165) is 21.2 Å². The van der Waals surface area contributed by atoms with Crippen molar-refractivity contribution in [2.75, 3.05) is 6.54 Å². The Bertz CT molecular complexity index is 789. The third-order valence-electron chi connectivity index (χ3n) is 3.31. The molecule has 4 nitrogen and oxygen atoms in total. The monoisotopic (exact) mass is 313 g/mol. The van der Waals surface area contributed by atoms with Crippen LogP contribution >= 0.6 is 11.3 Å². The zero-order valence-electron chi connectivity index (χ0n) is 11.7. The molecule has 2 heterocycles. The van der Waals surface area contributed by atoms with Gasteiger partial charge < -0.3 is 14.8 Å². The van der Waals surface area contributed by atoms with Gasteiger partial charge in [-0.05, 0) is 29.0 Å². The summed E-state index contributed by atoms with van der Waals surface area (Å²) in [5.41, 5.74) is 1.67. The van der Waals surface area contributed by atoms with Crippen molar-refractivity contribution < 1.29 is 14.3 Å². The van der Waals surface area contributed by atoms with E-state index in [2.05, 4.69) is 5.32 Å². The summed E-state index contributed by atoms with van der Waals surface area (Å²) in [5.74, 6) is -0.250.